The zero-order valence-electron chi connectivity index (χ0n) is 17.8. The van der Waals surface area contributed by atoms with Crippen LogP contribution in [-0.4, -0.2) is 30.4 Å². The molecule has 0 aliphatic carbocycles. The van der Waals surface area contributed by atoms with Crippen LogP contribution in [0.5, 0.6) is 0 Å². The van der Waals surface area contributed by atoms with Crippen LogP contribution in [0.4, 0.5) is 16.2 Å². The number of amides is 4. The molecule has 3 heterocycles. The van der Waals surface area contributed by atoms with E-state index in [0.717, 1.165) is 29.1 Å². The van der Waals surface area contributed by atoms with Crippen molar-refractivity contribution in [2.45, 2.75) is 32.7 Å². The van der Waals surface area contributed by atoms with Crippen LogP contribution in [0.1, 0.15) is 25.8 Å². The molecule has 1 N–H and O–H groups in total. The molecule has 0 radical (unpaired) electrons. The third-order valence-electron chi connectivity index (χ3n) is 7.00. The fourth-order valence-corrected chi connectivity index (χ4v) is 6.25. The van der Waals surface area contributed by atoms with Crippen molar-refractivity contribution < 1.29 is 14.4 Å². The molecule has 6 nitrogen and oxygen atoms in total. The van der Waals surface area contributed by atoms with E-state index in [9.17, 15) is 14.4 Å². The van der Waals surface area contributed by atoms with Gasteiger partial charge in [-0.05, 0) is 54.5 Å². The van der Waals surface area contributed by atoms with Crippen LogP contribution in [0.3, 0.4) is 0 Å². The average molecular weight is 472 g/mol. The van der Waals surface area contributed by atoms with Crippen LogP contribution in [0.25, 0.3) is 0 Å². The SMILES string of the molecule is C[C@@H]1C[C@H](C)[C@H]2N(C1)c1ccccc1C[C@]21C(=O)NC(=O)N(c2cc(Cl)ccc2Cl)C1=O. The lowest BCUT2D eigenvalue weighted by atomic mass is 9.62. The van der Waals surface area contributed by atoms with Gasteiger partial charge in [-0.3, -0.25) is 14.9 Å². The first kappa shape index (κ1) is 21.3. The Morgan fingerprint density at radius 3 is 2.56 bits per heavy atom. The van der Waals surface area contributed by atoms with Crippen molar-refractivity contribution in [2.75, 3.05) is 16.3 Å². The molecule has 2 aromatic rings. The van der Waals surface area contributed by atoms with Crippen LogP contribution < -0.4 is 15.1 Å². The van der Waals surface area contributed by atoms with Crippen molar-refractivity contribution in [3.05, 3.63) is 58.1 Å². The highest BCUT2D eigenvalue weighted by Crippen LogP contribution is 2.50. The zero-order chi connectivity index (χ0) is 22.8. The standard InChI is InChI=1S/C24H23Cl2N3O3/c1-13-9-14(2)20-24(11-15-5-3-4-6-18(15)28(20)12-13)21(30)27-23(32)29(22(24)31)19-10-16(25)7-8-17(19)26/h3-8,10,13-14,20H,9,11-12H2,1-2H3,(H,27,30,32)/t13-,14+,20-,24-/m1/s1. The van der Waals surface area contributed by atoms with Gasteiger partial charge in [0.15, 0.2) is 5.41 Å². The maximum Gasteiger partial charge on any atom is 0.335 e. The number of nitrogens with one attached hydrogen (secondary N) is 1. The lowest BCUT2D eigenvalue weighted by Gasteiger charge is -2.56. The predicted octanol–water partition coefficient (Wildman–Crippen LogP) is 4.67. The van der Waals surface area contributed by atoms with Gasteiger partial charge in [-0.25, -0.2) is 9.69 Å². The number of piperidine rings is 1. The summed E-state index contributed by atoms with van der Waals surface area (Å²) in [6.07, 6.45) is 1.10. The Bertz CT molecular complexity index is 1150. The molecule has 2 fully saturated rings. The number of hydrogen-bond acceptors (Lipinski definition) is 4. The molecule has 4 atom stereocenters. The van der Waals surface area contributed by atoms with Gasteiger partial charge >= 0.3 is 6.03 Å². The molecule has 1 spiro atoms. The van der Waals surface area contributed by atoms with Gasteiger partial charge in [0.05, 0.1) is 16.8 Å². The first-order valence-electron chi connectivity index (χ1n) is 10.7. The molecule has 32 heavy (non-hydrogen) atoms. The number of carbonyl (C=O) groups excluding carboxylic acids is 3. The van der Waals surface area contributed by atoms with Gasteiger partial charge in [0.25, 0.3) is 5.91 Å². The number of barbiturate groups is 1. The Morgan fingerprint density at radius 1 is 1.03 bits per heavy atom. The van der Waals surface area contributed by atoms with E-state index in [0.29, 0.717) is 10.9 Å². The molecule has 0 unspecified atom stereocenters. The van der Waals surface area contributed by atoms with Gasteiger partial charge in [-0.15, -0.1) is 0 Å². The van der Waals surface area contributed by atoms with Crippen LogP contribution in [-0.2, 0) is 16.0 Å². The van der Waals surface area contributed by atoms with E-state index in [1.807, 2.05) is 24.3 Å². The van der Waals surface area contributed by atoms with Crippen LogP contribution in [0.15, 0.2) is 42.5 Å². The fraction of sp³-hybridized carbons (Fsp3) is 0.375. The molecule has 0 saturated carbocycles. The molecular weight excluding hydrogens is 449 g/mol. The molecule has 0 bridgehead atoms. The monoisotopic (exact) mass is 471 g/mol. The number of fused-ring (bicyclic) bond motifs is 4. The Morgan fingerprint density at radius 2 is 1.78 bits per heavy atom. The van der Waals surface area contributed by atoms with E-state index in [2.05, 4.69) is 24.1 Å². The first-order chi connectivity index (χ1) is 15.2. The van der Waals surface area contributed by atoms with Gasteiger partial charge < -0.3 is 4.90 Å². The summed E-state index contributed by atoms with van der Waals surface area (Å²) in [6, 6.07) is 11.3. The normalized spacial score (nSPS) is 29.6. The minimum Gasteiger partial charge on any atom is -0.366 e. The summed E-state index contributed by atoms with van der Waals surface area (Å²) in [6.45, 7) is 5.00. The van der Waals surface area contributed by atoms with Gasteiger partial charge in [-0.1, -0.05) is 55.2 Å². The number of nitrogens with zero attached hydrogens (tertiary/aromatic N) is 2. The largest absolute Gasteiger partial charge is 0.366 e. The molecule has 2 aromatic carbocycles. The van der Waals surface area contributed by atoms with Gasteiger partial charge in [-0.2, -0.15) is 0 Å². The number of rotatable bonds is 1. The molecule has 3 aliphatic heterocycles. The van der Waals surface area contributed by atoms with Gasteiger partial charge in [0.2, 0.25) is 5.91 Å². The summed E-state index contributed by atoms with van der Waals surface area (Å²) in [5.41, 5.74) is 0.690. The second-order valence-corrected chi connectivity index (χ2v) is 10.0. The Balaban J connectivity index is 1.71. The maximum absolute atomic E-state index is 14.2. The van der Waals surface area contributed by atoms with Gasteiger partial charge in [0, 0.05) is 17.3 Å². The molecule has 5 rings (SSSR count). The number of hydrogen-bond donors (Lipinski definition) is 1. The summed E-state index contributed by atoms with van der Waals surface area (Å²) in [5.74, 6) is -0.632. The highest BCUT2D eigenvalue weighted by Gasteiger charge is 2.64. The smallest absolute Gasteiger partial charge is 0.335 e. The molecule has 3 aliphatic rings. The van der Waals surface area contributed by atoms with Crippen LogP contribution in [0.2, 0.25) is 10.0 Å². The zero-order valence-corrected chi connectivity index (χ0v) is 19.3. The second-order valence-electron chi connectivity index (χ2n) is 9.19. The number of imide groups is 2. The number of anilines is 2. The van der Waals surface area contributed by atoms with E-state index < -0.39 is 23.3 Å². The van der Waals surface area contributed by atoms with Crippen LogP contribution >= 0.6 is 23.2 Å². The number of benzene rings is 2. The average Bonchev–Trinajstić information content (AvgIpc) is 2.74. The molecule has 2 saturated heterocycles. The minimum absolute atomic E-state index is 0.0618. The first-order valence-corrected chi connectivity index (χ1v) is 11.5. The molecule has 8 heteroatoms. The molecule has 166 valence electrons. The number of urea groups is 1. The highest BCUT2D eigenvalue weighted by atomic mass is 35.5. The van der Waals surface area contributed by atoms with Crippen molar-refractivity contribution in [1.82, 2.24) is 5.32 Å². The van der Waals surface area contributed by atoms with E-state index in [1.54, 1.807) is 6.07 Å². The van der Waals surface area contributed by atoms with Crippen molar-refractivity contribution in [3.63, 3.8) is 0 Å². The van der Waals surface area contributed by atoms with Crippen molar-refractivity contribution >= 4 is 52.4 Å². The van der Waals surface area contributed by atoms with Gasteiger partial charge in [0.1, 0.15) is 0 Å². The summed E-state index contributed by atoms with van der Waals surface area (Å²) in [7, 11) is 0. The van der Waals surface area contributed by atoms with E-state index >= 15 is 0 Å². The van der Waals surface area contributed by atoms with E-state index in [1.165, 1.54) is 12.1 Å². The number of halogens is 2. The van der Waals surface area contributed by atoms with E-state index in [-0.39, 0.29) is 29.1 Å². The molecular formula is C24H23Cl2N3O3. The molecule has 0 aromatic heterocycles. The summed E-state index contributed by atoms with van der Waals surface area (Å²) >= 11 is 12.5. The number of carbonyl (C=O) groups is 3. The quantitative estimate of drug-likeness (QED) is 0.613. The summed E-state index contributed by atoms with van der Waals surface area (Å²) in [4.78, 5) is 43.8. The second kappa shape index (κ2) is 7.49. The predicted molar refractivity (Wildman–Crippen MR) is 124 cm³/mol. The maximum atomic E-state index is 14.2. The van der Waals surface area contributed by atoms with Crippen LogP contribution in [0, 0.1) is 17.3 Å². The van der Waals surface area contributed by atoms with E-state index in [4.69, 9.17) is 23.2 Å². The number of para-hydroxylation sites is 1. The van der Waals surface area contributed by atoms with Crippen molar-refractivity contribution in [1.29, 1.82) is 0 Å². The summed E-state index contributed by atoms with van der Waals surface area (Å²) < 4.78 is 0. The Hall–Kier alpha value is -2.57. The third-order valence-corrected chi connectivity index (χ3v) is 7.55. The van der Waals surface area contributed by atoms with Crippen molar-refractivity contribution in [3.8, 4) is 0 Å². The summed E-state index contributed by atoms with van der Waals surface area (Å²) in [5, 5.41) is 3.01. The third kappa shape index (κ3) is 2.96. The van der Waals surface area contributed by atoms with Crippen molar-refractivity contribution in [2.24, 2.45) is 17.3 Å². The lowest BCUT2D eigenvalue weighted by molar-refractivity contribution is -0.146. The highest BCUT2D eigenvalue weighted by molar-refractivity contribution is 6.39. The lowest BCUT2D eigenvalue weighted by Crippen LogP contribution is -2.74. The Labute approximate surface area is 196 Å². The topological polar surface area (TPSA) is 69.7 Å². The fourth-order valence-electron chi connectivity index (χ4n) is 5.89. The molecule has 4 amide bonds. The minimum atomic E-state index is -1.45. The Kier molecular flexibility index (Phi) is 4.98.